The first-order valence-corrected chi connectivity index (χ1v) is 8.22. The molecule has 1 aliphatic heterocycles. The number of furan rings is 1. The van der Waals surface area contributed by atoms with Gasteiger partial charge in [0.05, 0.1) is 12.4 Å². The second-order valence-electron chi connectivity index (χ2n) is 5.91. The molecule has 7 heteroatoms. The summed E-state index contributed by atoms with van der Waals surface area (Å²) in [5.74, 6) is -0.172. The van der Waals surface area contributed by atoms with Crippen molar-refractivity contribution in [2.24, 2.45) is 5.73 Å². The summed E-state index contributed by atoms with van der Waals surface area (Å²) in [4.78, 5) is 24.0. The van der Waals surface area contributed by atoms with Gasteiger partial charge >= 0.3 is 0 Å². The lowest BCUT2D eigenvalue weighted by Crippen LogP contribution is -2.35. The van der Waals surface area contributed by atoms with Gasteiger partial charge in [0.15, 0.2) is 5.76 Å². The fourth-order valence-corrected chi connectivity index (χ4v) is 2.68. The molecule has 1 aliphatic rings. The summed E-state index contributed by atoms with van der Waals surface area (Å²) in [5.41, 5.74) is 7.13. The van der Waals surface area contributed by atoms with E-state index in [1.807, 2.05) is 12.1 Å². The van der Waals surface area contributed by atoms with Gasteiger partial charge in [0.1, 0.15) is 6.10 Å². The van der Waals surface area contributed by atoms with Crippen molar-refractivity contribution in [1.29, 1.82) is 0 Å². The van der Waals surface area contributed by atoms with Gasteiger partial charge < -0.3 is 25.5 Å². The van der Waals surface area contributed by atoms with Crippen LogP contribution in [0.3, 0.4) is 0 Å². The van der Waals surface area contributed by atoms with Crippen LogP contribution in [0, 0.1) is 0 Å². The molecule has 1 aromatic heterocycles. The normalized spacial score (nSPS) is 19.6. The van der Waals surface area contributed by atoms with Crippen LogP contribution in [0.1, 0.15) is 29.0 Å². The van der Waals surface area contributed by atoms with Crippen LogP contribution in [0.4, 0.5) is 5.69 Å². The van der Waals surface area contributed by atoms with E-state index < -0.39 is 6.10 Å². The molecule has 1 fully saturated rings. The summed E-state index contributed by atoms with van der Waals surface area (Å²) < 4.78 is 10.6. The lowest BCUT2D eigenvalue weighted by atomic mass is 10.1. The highest BCUT2D eigenvalue weighted by atomic mass is 16.5. The molecule has 0 saturated carbocycles. The monoisotopic (exact) mass is 343 g/mol. The lowest BCUT2D eigenvalue weighted by molar-refractivity contribution is -0.132. The number of carbonyl (C=O) groups is 2. The maximum atomic E-state index is 12.1. The molecule has 7 nitrogen and oxygen atoms in total. The Balaban J connectivity index is 1.48. The summed E-state index contributed by atoms with van der Waals surface area (Å²) >= 11 is 0. The van der Waals surface area contributed by atoms with Gasteiger partial charge in [0, 0.05) is 18.8 Å². The number of nitrogens with two attached hydrogens (primary N) is 1. The van der Waals surface area contributed by atoms with E-state index in [-0.39, 0.29) is 23.7 Å². The molecule has 0 spiro atoms. The maximum Gasteiger partial charge on any atom is 0.291 e. The van der Waals surface area contributed by atoms with E-state index in [1.54, 1.807) is 24.3 Å². The number of hydrogen-bond acceptors (Lipinski definition) is 5. The van der Waals surface area contributed by atoms with Crippen LogP contribution in [0.5, 0.6) is 0 Å². The van der Waals surface area contributed by atoms with Gasteiger partial charge in [0.2, 0.25) is 5.91 Å². The lowest BCUT2D eigenvalue weighted by Gasteiger charge is -2.13. The molecule has 4 N–H and O–H groups in total. The highest BCUT2D eigenvalue weighted by Gasteiger charge is 2.29. The number of anilines is 1. The van der Waals surface area contributed by atoms with E-state index in [0.717, 1.165) is 12.0 Å². The van der Waals surface area contributed by atoms with E-state index >= 15 is 0 Å². The Labute approximate surface area is 145 Å². The Kier molecular flexibility index (Phi) is 5.47. The Morgan fingerprint density at radius 1 is 1.16 bits per heavy atom. The number of amides is 2. The van der Waals surface area contributed by atoms with Gasteiger partial charge in [-0.05, 0) is 42.7 Å². The number of benzene rings is 1. The van der Waals surface area contributed by atoms with E-state index in [1.165, 1.54) is 6.26 Å². The minimum atomic E-state index is -0.416. The van der Waals surface area contributed by atoms with Gasteiger partial charge in [-0.2, -0.15) is 0 Å². The Bertz CT molecular complexity index is 712. The van der Waals surface area contributed by atoms with E-state index in [9.17, 15) is 9.59 Å². The largest absolute Gasteiger partial charge is 0.459 e. The molecule has 2 atom stereocenters. The minimum absolute atomic E-state index is 0.0205. The number of rotatable bonds is 6. The zero-order chi connectivity index (χ0) is 17.6. The van der Waals surface area contributed by atoms with Gasteiger partial charge in [-0.1, -0.05) is 12.1 Å². The second-order valence-corrected chi connectivity index (χ2v) is 5.91. The van der Waals surface area contributed by atoms with Crippen molar-refractivity contribution in [2.45, 2.75) is 31.6 Å². The molecule has 1 saturated heterocycles. The van der Waals surface area contributed by atoms with E-state index in [4.69, 9.17) is 14.9 Å². The highest BCUT2D eigenvalue weighted by Crippen LogP contribution is 2.19. The maximum absolute atomic E-state index is 12.1. The van der Waals surface area contributed by atoms with Crippen LogP contribution < -0.4 is 16.4 Å². The van der Waals surface area contributed by atoms with Gasteiger partial charge in [-0.15, -0.1) is 0 Å². The van der Waals surface area contributed by atoms with E-state index in [2.05, 4.69) is 10.6 Å². The molecule has 0 radical (unpaired) electrons. The van der Waals surface area contributed by atoms with Crippen LogP contribution in [0.25, 0.3) is 0 Å². The molecular weight excluding hydrogens is 322 g/mol. The van der Waals surface area contributed by atoms with Crippen molar-refractivity contribution in [2.75, 3.05) is 11.9 Å². The number of carbonyl (C=O) groups excluding carboxylic acids is 2. The molecule has 2 aromatic rings. The smallest absolute Gasteiger partial charge is 0.291 e. The summed E-state index contributed by atoms with van der Waals surface area (Å²) in [5, 5.41) is 5.60. The Morgan fingerprint density at radius 2 is 1.96 bits per heavy atom. The van der Waals surface area contributed by atoms with Crippen LogP contribution in [-0.2, 0) is 16.1 Å². The fraction of sp³-hybridized carbons (Fsp3) is 0.333. The summed E-state index contributed by atoms with van der Waals surface area (Å²) in [6.45, 7) is 0.841. The molecule has 1 aromatic carbocycles. The van der Waals surface area contributed by atoms with E-state index in [0.29, 0.717) is 25.2 Å². The Morgan fingerprint density at radius 3 is 2.60 bits per heavy atom. The average molecular weight is 343 g/mol. The summed E-state index contributed by atoms with van der Waals surface area (Å²) in [7, 11) is 0. The molecule has 0 bridgehead atoms. The third-order valence-corrected chi connectivity index (χ3v) is 4.09. The molecule has 132 valence electrons. The topological polar surface area (TPSA) is 107 Å². The van der Waals surface area contributed by atoms with Crippen molar-refractivity contribution < 1.29 is 18.7 Å². The predicted molar refractivity (Wildman–Crippen MR) is 91.9 cm³/mol. The van der Waals surface area contributed by atoms with Crippen molar-refractivity contribution in [1.82, 2.24) is 5.32 Å². The van der Waals surface area contributed by atoms with Crippen LogP contribution in [0.15, 0.2) is 47.1 Å². The first kappa shape index (κ1) is 17.2. The zero-order valence-electron chi connectivity index (χ0n) is 13.7. The highest BCUT2D eigenvalue weighted by molar-refractivity contribution is 6.02. The molecule has 2 amide bonds. The second kappa shape index (κ2) is 7.96. The SMILES string of the molecule is NC[C@H]1CC[C@@H](C(=O)NCc2ccc(NC(=O)c3ccco3)cc2)O1. The third-order valence-electron chi connectivity index (χ3n) is 4.09. The van der Waals surface area contributed by atoms with Gasteiger partial charge in [-0.25, -0.2) is 0 Å². The van der Waals surface area contributed by atoms with Crippen LogP contribution >= 0.6 is 0 Å². The van der Waals surface area contributed by atoms with Crippen molar-refractivity contribution in [3.8, 4) is 0 Å². The predicted octanol–water partition coefficient (Wildman–Crippen LogP) is 1.65. The molecule has 3 rings (SSSR count). The van der Waals surface area contributed by atoms with Crippen LogP contribution in [0.2, 0.25) is 0 Å². The zero-order valence-corrected chi connectivity index (χ0v) is 13.7. The van der Waals surface area contributed by atoms with Gasteiger partial charge in [-0.3, -0.25) is 9.59 Å². The number of hydrogen-bond donors (Lipinski definition) is 3. The van der Waals surface area contributed by atoms with Crippen molar-refractivity contribution in [3.63, 3.8) is 0 Å². The molecule has 25 heavy (non-hydrogen) atoms. The molecule has 0 aliphatic carbocycles. The minimum Gasteiger partial charge on any atom is -0.459 e. The first-order valence-electron chi connectivity index (χ1n) is 8.22. The summed E-state index contributed by atoms with van der Waals surface area (Å²) in [6, 6.07) is 10.5. The van der Waals surface area contributed by atoms with Crippen molar-refractivity contribution >= 4 is 17.5 Å². The first-order chi connectivity index (χ1) is 12.2. The Hall–Kier alpha value is -2.64. The number of ether oxygens (including phenoxy) is 1. The third kappa shape index (κ3) is 4.46. The van der Waals surface area contributed by atoms with Gasteiger partial charge in [0.25, 0.3) is 5.91 Å². The average Bonchev–Trinajstić information content (AvgIpc) is 3.32. The van der Waals surface area contributed by atoms with Crippen molar-refractivity contribution in [3.05, 3.63) is 54.0 Å². The standard InChI is InChI=1S/C18H21N3O4/c19-10-14-7-8-16(25-14)17(22)20-11-12-3-5-13(6-4-12)21-18(23)15-2-1-9-24-15/h1-6,9,14,16H,7-8,10-11,19H2,(H,20,22)(H,21,23)/t14-,16+/m1/s1. The van der Waals surface area contributed by atoms with Crippen LogP contribution in [-0.4, -0.2) is 30.6 Å². The molecule has 0 unspecified atom stereocenters. The quantitative estimate of drug-likeness (QED) is 0.739. The fourth-order valence-electron chi connectivity index (χ4n) is 2.68. The molecule has 2 heterocycles. The summed E-state index contributed by atoms with van der Waals surface area (Å²) in [6.07, 6.45) is 2.53. The molecular formula is C18H21N3O4. The number of nitrogens with one attached hydrogen (secondary N) is 2.